The average Bonchev–Trinajstić information content (AvgIpc) is 2.21. The summed E-state index contributed by atoms with van der Waals surface area (Å²) in [7, 11) is -3.58. The van der Waals surface area contributed by atoms with Crippen molar-refractivity contribution in [3.8, 4) is 5.75 Å². The molecule has 0 saturated heterocycles. The van der Waals surface area contributed by atoms with Crippen LogP contribution in [0, 0.1) is 17.6 Å². The fourth-order valence-electron chi connectivity index (χ4n) is 1.44. The highest BCUT2D eigenvalue weighted by atomic mass is 32.2. The number of primary sulfonamides is 1. The summed E-state index contributed by atoms with van der Waals surface area (Å²) < 4.78 is 52.8. The van der Waals surface area contributed by atoms with E-state index in [4.69, 9.17) is 9.88 Å². The molecule has 0 aliphatic rings. The van der Waals surface area contributed by atoms with Gasteiger partial charge in [0, 0.05) is 24.1 Å². The molecule has 1 rings (SSSR count). The van der Waals surface area contributed by atoms with Gasteiger partial charge in [0.25, 0.3) is 0 Å². The molecule has 1 unspecified atom stereocenters. The Hall–Kier alpha value is -1.21. The number of nitrogens with two attached hydrogens (primary N) is 1. The lowest BCUT2D eigenvalue weighted by Gasteiger charge is -2.14. The van der Waals surface area contributed by atoms with Crippen molar-refractivity contribution in [2.75, 3.05) is 12.4 Å². The normalized spacial score (nSPS) is 13.3. The number of sulfonamides is 1. The fourth-order valence-corrected chi connectivity index (χ4v) is 2.43. The zero-order valence-corrected chi connectivity index (χ0v) is 10.7. The number of ether oxygens (including phenoxy) is 1. The first kappa shape index (κ1) is 14.8. The molecule has 2 N–H and O–H groups in total. The molecule has 0 aromatic heterocycles. The topological polar surface area (TPSA) is 69.4 Å². The van der Waals surface area contributed by atoms with Gasteiger partial charge in [-0.3, -0.25) is 0 Å². The number of halogens is 2. The third-order valence-electron chi connectivity index (χ3n) is 2.37. The molecule has 1 aromatic carbocycles. The molecule has 0 spiro atoms. The second-order valence-electron chi connectivity index (χ2n) is 4.02. The van der Waals surface area contributed by atoms with Gasteiger partial charge >= 0.3 is 0 Å². The van der Waals surface area contributed by atoms with Gasteiger partial charge in [0.1, 0.15) is 17.4 Å². The first-order valence-corrected chi connectivity index (χ1v) is 7.11. The second kappa shape index (κ2) is 6.10. The maximum Gasteiger partial charge on any atom is 0.209 e. The van der Waals surface area contributed by atoms with Crippen LogP contribution >= 0.6 is 0 Å². The molecule has 4 nitrogen and oxygen atoms in total. The minimum Gasteiger partial charge on any atom is -0.493 e. The van der Waals surface area contributed by atoms with E-state index < -0.39 is 21.7 Å². The van der Waals surface area contributed by atoms with Crippen LogP contribution in [0.2, 0.25) is 0 Å². The van der Waals surface area contributed by atoms with Crippen molar-refractivity contribution in [3.05, 3.63) is 29.8 Å². The Balaban J connectivity index is 2.62. The van der Waals surface area contributed by atoms with E-state index in [0.29, 0.717) is 6.42 Å². The van der Waals surface area contributed by atoms with E-state index >= 15 is 0 Å². The van der Waals surface area contributed by atoms with Crippen LogP contribution in [0.15, 0.2) is 18.2 Å². The van der Waals surface area contributed by atoms with Crippen molar-refractivity contribution >= 4 is 10.0 Å². The average molecular weight is 279 g/mol. The second-order valence-corrected chi connectivity index (χ2v) is 5.68. The molecule has 1 aromatic rings. The van der Waals surface area contributed by atoms with E-state index in [2.05, 4.69) is 0 Å². The Morgan fingerprint density at radius 1 is 1.28 bits per heavy atom. The molecule has 0 heterocycles. The fraction of sp³-hybridized carbons (Fsp3) is 0.455. The molecule has 1 atom stereocenters. The summed E-state index contributed by atoms with van der Waals surface area (Å²) >= 11 is 0. The van der Waals surface area contributed by atoms with Crippen LogP contribution in [0.4, 0.5) is 8.78 Å². The largest absolute Gasteiger partial charge is 0.493 e. The van der Waals surface area contributed by atoms with E-state index in [1.165, 1.54) is 0 Å². The molecular formula is C11H15F2NO3S. The van der Waals surface area contributed by atoms with Crippen molar-refractivity contribution < 1.29 is 21.9 Å². The monoisotopic (exact) mass is 279 g/mol. The molecule has 0 aliphatic carbocycles. The zero-order valence-electron chi connectivity index (χ0n) is 9.90. The van der Waals surface area contributed by atoms with Gasteiger partial charge in [0.2, 0.25) is 10.0 Å². The number of benzene rings is 1. The quantitative estimate of drug-likeness (QED) is 0.861. The highest BCUT2D eigenvalue weighted by Gasteiger charge is 2.15. The predicted octanol–water partition coefficient (Wildman–Crippen LogP) is 1.66. The van der Waals surface area contributed by atoms with Gasteiger partial charge < -0.3 is 4.74 Å². The lowest BCUT2D eigenvalue weighted by atomic mass is 10.1. The highest BCUT2D eigenvalue weighted by molar-refractivity contribution is 7.89. The Morgan fingerprint density at radius 2 is 1.83 bits per heavy atom. The molecule has 102 valence electrons. The Bertz CT molecular complexity index is 485. The Kier molecular flexibility index (Phi) is 5.03. The summed E-state index contributed by atoms with van der Waals surface area (Å²) in [6.45, 7) is 1.82. The molecule has 0 radical (unpaired) electrons. The van der Waals surface area contributed by atoms with Crippen molar-refractivity contribution in [3.63, 3.8) is 0 Å². The van der Waals surface area contributed by atoms with Crippen LogP contribution < -0.4 is 9.88 Å². The van der Waals surface area contributed by atoms with Crippen LogP contribution in [-0.2, 0) is 10.0 Å². The summed E-state index contributed by atoms with van der Waals surface area (Å²) in [5.41, 5.74) is 0. The van der Waals surface area contributed by atoms with E-state index in [-0.39, 0.29) is 24.0 Å². The van der Waals surface area contributed by atoms with Gasteiger partial charge in [0.05, 0.1) is 12.4 Å². The van der Waals surface area contributed by atoms with Gasteiger partial charge in [-0.1, -0.05) is 6.92 Å². The molecule has 0 amide bonds. The van der Waals surface area contributed by atoms with Gasteiger partial charge in [0.15, 0.2) is 0 Å². The van der Waals surface area contributed by atoms with Crippen molar-refractivity contribution in [2.45, 2.75) is 13.3 Å². The molecule has 0 aliphatic heterocycles. The molecule has 0 fully saturated rings. The summed E-state index contributed by atoms with van der Waals surface area (Å²) in [6.07, 6.45) is 0.536. The number of rotatable bonds is 6. The van der Waals surface area contributed by atoms with E-state index in [1.807, 2.05) is 0 Å². The van der Waals surface area contributed by atoms with Gasteiger partial charge in [-0.2, -0.15) is 0 Å². The minimum absolute atomic E-state index is 0.0281. The van der Waals surface area contributed by atoms with E-state index in [9.17, 15) is 17.2 Å². The van der Waals surface area contributed by atoms with Crippen LogP contribution in [0.1, 0.15) is 13.3 Å². The van der Waals surface area contributed by atoms with Gasteiger partial charge in [-0.15, -0.1) is 0 Å². The number of hydrogen-bond acceptors (Lipinski definition) is 3. The van der Waals surface area contributed by atoms with E-state index in [1.54, 1.807) is 6.92 Å². The van der Waals surface area contributed by atoms with Gasteiger partial charge in [-0.25, -0.2) is 22.3 Å². The summed E-state index contributed by atoms with van der Waals surface area (Å²) in [5.74, 6) is -2.00. The van der Waals surface area contributed by atoms with E-state index in [0.717, 1.165) is 18.2 Å². The van der Waals surface area contributed by atoms with Crippen LogP contribution in [0.5, 0.6) is 5.75 Å². The predicted molar refractivity (Wildman–Crippen MR) is 63.6 cm³/mol. The summed E-state index contributed by atoms with van der Waals surface area (Å²) in [4.78, 5) is 0. The molecule has 0 bridgehead atoms. The SMILES string of the molecule is CCC(COc1cc(F)cc(F)c1)CS(N)(=O)=O. The van der Waals surface area contributed by atoms with Crippen molar-refractivity contribution in [1.29, 1.82) is 0 Å². The minimum atomic E-state index is -3.58. The lowest BCUT2D eigenvalue weighted by molar-refractivity contribution is 0.255. The third kappa shape index (κ3) is 5.42. The number of hydrogen-bond donors (Lipinski definition) is 1. The summed E-state index contributed by atoms with van der Waals surface area (Å²) in [5, 5.41) is 4.93. The maximum absolute atomic E-state index is 12.9. The van der Waals surface area contributed by atoms with Crippen LogP contribution in [-0.4, -0.2) is 20.8 Å². The third-order valence-corrected chi connectivity index (χ3v) is 3.30. The molecule has 7 heteroatoms. The Morgan fingerprint density at radius 3 is 2.28 bits per heavy atom. The first-order chi connectivity index (χ1) is 8.30. The smallest absolute Gasteiger partial charge is 0.209 e. The van der Waals surface area contributed by atoms with Crippen LogP contribution in [0.3, 0.4) is 0 Å². The Labute approximate surface area is 105 Å². The standard InChI is InChI=1S/C11H15F2NO3S/c1-2-8(7-18(14,15)16)6-17-11-4-9(12)3-10(13)5-11/h3-5,8H,2,6-7H2,1H3,(H2,14,15,16). The maximum atomic E-state index is 12.9. The molecular weight excluding hydrogens is 264 g/mol. The lowest BCUT2D eigenvalue weighted by Crippen LogP contribution is -2.26. The zero-order chi connectivity index (χ0) is 13.8. The van der Waals surface area contributed by atoms with Crippen LogP contribution in [0.25, 0.3) is 0 Å². The van der Waals surface area contributed by atoms with Crippen molar-refractivity contribution in [2.24, 2.45) is 11.1 Å². The van der Waals surface area contributed by atoms with Gasteiger partial charge in [-0.05, 0) is 6.42 Å². The molecule has 0 saturated carbocycles. The van der Waals surface area contributed by atoms with Crippen molar-refractivity contribution in [1.82, 2.24) is 0 Å². The highest BCUT2D eigenvalue weighted by Crippen LogP contribution is 2.17. The molecule has 18 heavy (non-hydrogen) atoms. The summed E-state index contributed by atoms with van der Waals surface area (Å²) in [6, 6.07) is 2.80. The first-order valence-electron chi connectivity index (χ1n) is 5.39.